The summed E-state index contributed by atoms with van der Waals surface area (Å²) in [6.45, 7) is 1.60. The molecule has 0 fully saturated rings. The Morgan fingerprint density at radius 3 is 2.53 bits per heavy atom. The number of carbonyl (C=O) groups excluding carboxylic acids is 1. The smallest absolute Gasteiger partial charge is 0.345 e. The second-order valence-corrected chi connectivity index (χ2v) is 4.94. The molecule has 6 heteroatoms. The predicted molar refractivity (Wildman–Crippen MR) is 70.4 cm³/mol. The average molecular weight is 279 g/mol. The Morgan fingerprint density at radius 1 is 1.21 bits per heavy atom. The molecule has 0 unspecified atom stereocenters. The maximum atomic E-state index is 13.7. The quantitative estimate of drug-likeness (QED) is 0.907. The van der Waals surface area contributed by atoms with Gasteiger partial charge in [-0.3, -0.25) is 4.79 Å². The molecule has 1 aromatic carbocycles. The lowest BCUT2D eigenvalue weighted by molar-refractivity contribution is 0.0702. The van der Waals surface area contributed by atoms with Gasteiger partial charge in [0.15, 0.2) is 0 Å². The number of hydrogen-bond acceptors (Lipinski definition) is 3. The highest BCUT2D eigenvalue weighted by Gasteiger charge is 2.14. The van der Waals surface area contributed by atoms with Crippen LogP contribution < -0.4 is 5.32 Å². The number of carboxylic acid groups (broad SMARTS) is 1. The molecular formula is C13H10FNO3S. The van der Waals surface area contributed by atoms with Crippen LogP contribution in [0.1, 0.15) is 24.9 Å². The molecule has 19 heavy (non-hydrogen) atoms. The summed E-state index contributed by atoms with van der Waals surface area (Å²) in [5.41, 5.74) is 0.505. The van der Waals surface area contributed by atoms with E-state index in [9.17, 15) is 14.0 Å². The van der Waals surface area contributed by atoms with Gasteiger partial charge in [0.1, 0.15) is 10.7 Å². The normalized spacial score (nSPS) is 10.2. The Balaban J connectivity index is 2.21. The van der Waals surface area contributed by atoms with Crippen molar-refractivity contribution in [2.24, 2.45) is 0 Å². The van der Waals surface area contributed by atoms with Crippen LogP contribution in [-0.4, -0.2) is 17.0 Å². The predicted octanol–water partition coefficient (Wildman–Crippen LogP) is 3.15. The third-order valence-electron chi connectivity index (χ3n) is 2.48. The number of aryl methyl sites for hydroxylation is 1. The molecule has 0 aliphatic heterocycles. The van der Waals surface area contributed by atoms with Crippen molar-refractivity contribution in [3.63, 3.8) is 0 Å². The molecule has 0 radical (unpaired) electrons. The topological polar surface area (TPSA) is 66.4 Å². The first kappa shape index (κ1) is 13.2. The second kappa shape index (κ2) is 5.19. The highest BCUT2D eigenvalue weighted by atomic mass is 32.1. The molecule has 1 heterocycles. The van der Waals surface area contributed by atoms with E-state index < -0.39 is 17.7 Å². The number of rotatable bonds is 3. The SMILES string of the molecule is Cc1cccc(NC(=O)c2ccc(C(=O)O)s2)c1F. The van der Waals surface area contributed by atoms with Crippen LogP contribution in [0.15, 0.2) is 30.3 Å². The lowest BCUT2D eigenvalue weighted by Crippen LogP contribution is -2.11. The number of thiophene rings is 1. The van der Waals surface area contributed by atoms with Gasteiger partial charge < -0.3 is 10.4 Å². The maximum absolute atomic E-state index is 13.7. The third kappa shape index (κ3) is 2.79. The van der Waals surface area contributed by atoms with Crippen LogP contribution in [-0.2, 0) is 0 Å². The Morgan fingerprint density at radius 2 is 1.89 bits per heavy atom. The van der Waals surface area contributed by atoms with Gasteiger partial charge in [0.2, 0.25) is 0 Å². The number of carbonyl (C=O) groups is 2. The van der Waals surface area contributed by atoms with Crippen molar-refractivity contribution in [2.45, 2.75) is 6.92 Å². The monoisotopic (exact) mass is 279 g/mol. The summed E-state index contributed by atoms with van der Waals surface area (Å²) in [6.07, 6.45) is 0. The summed E-state index contributed by atoms with van der Waals surface area (Å²) in [5, 5.41) is 11.2. The Bertz CT molecular complexity index is 651. The fraction of sp³-hybridized carbons (Fsp3) is 0.0769. The van der Waals surface area contributed by atoms with Crippen molar-refractivity contribution >= 4 is 28.9 Å². The van der Waals surface area contributed by atoms with Crippen molar-refractivity contribution in [2.75, 3.05) is 5.32 Å². The van der Waals surface area contributed by atoms with E-state index in [1.165, 1.54) is 18.2 Å². The minimum absolute atomic E-state index is 0.0647. The van der Waals surface area contributed by atoms with E-state index in [1.54, 1.807) is 19.1 Å². The van der Waals surface area contributed by atoms with Gasteiger partial charge in [-0.05, 0) is 30.7 Å². The van der Waals surface area contributed by atoms with Gasteiger partial charge in [0.25, 0.3) is 5.91 Å². The standard InChI is InChI=1S/C13H10FNO3S/c1-7-3-2-4-8(11(7)14)15-12(16)9-5-6-10(19-9)13(17)18/h2-6H,1H3,(H,15,16)(H,17,18). The van der Waals surface area contributed by atoms with E-state index in [4.69, 9.17) is 5.11 Å². The van der Waals surface area contributed by atoms with Crippen molar-refractivity contribution in [3.05, 3.63) is 51.5 Å². The fourth-order valence-electron chi connectivity index (χ4n) is 1.50. The zero-order chi connectivity index (χ0) is 14.0. The first-order valence-electron chi connectivity index (χ1n) is 5.38. The number of benzene rings is 1. The molecule has 1 amide bonds. The molecule has 0 aliphatic rings. The molecule has 0 saturated carbocycles. The maximum Gasteiger partial charge on any atom is 0.345 e. The highest BCUT2D eigenvalue weighted by molar-refractivity contribution is 7.15. The van der Waals surface area contributed by atoms with Crippen LogP contribution in [0.5, 0.6) is 0 Å². The van der Waals surface area contributed by atoms with E-state index in [2.05, 4.69) is 5.32 Å². The number of halogens is 1. The summed E-state index contributed by atoms with van der Waals surface area (Å²) >= 11 is 0.844. The molecule has 0 aliphatic carbocycles. The molecule has 0 saturated heterocycles. The summed E-state index contributed by atoms with van der Waals surface area (Å²) < 4.78 is 13.7. The molecule has 98 valence electrons. The Kier molecular flexibility index (Phi) is 3.62. The highest BCUT2D eigenvalue weighted by Crippen LogP contribution is 2.21. The minimum Gasteiger partial charge on any atom is -0.477 e. The molecule has 0 atom stereocenters. The molecule has 2 N–H and O–H groups in total. The van der Waals surface area contributed by atoms with Crippen LogP contribution in [0, 0.1) is 12.7 Å². The van der Waals surface area contributed by atoms with Gasteiger partial charge in [-0.2, -0.15) is 0 Å². The van der Waals surface area contributed by atoms with Crippen LogP contribution in [0.2, 0.25) is 0 Å². The molecule has 0 spiro atoms. The fourth-order valence-corrected chi connectivity index (χ4v) is 2.24. The number of nitrogens with one attached hydrogen (secondary N) is 1. The van der Waals surface area contributed by atoms with Crippen molar-refractivity contribution < 1.29 is 19.1 Å². The van der Waals surface area contributed by atoms with Crippen LogP contribution in [0.4, 0.5) is 10.1 Å². The lowest BCUT2D eigenvalue weighted by atomic mass is 10.2. The van der Waals surface area contributed by atoms with E-state index in [-0.39, 0.29) is 15.4 Å². The minimum atomic E-state index is -1.09. The first-order valence-corrected chi connectivity index (χ1v) is 6.20. The van der Waals surface area contributed by atoms with E-state index in [1.807, 2.05) is 0 Å². The number of carboxylic acids is 1. The number of anilines is 1. The number of hydrogen-bond donors (Lipinski definition) is 2. The van der Waals surface area contributed by atoms with Gasteiger partial charge >= 0.3 is 5.97 Å². The summed E-state index contributed by atoms with van der Waals surface area (Å²) in [7, 11) is 0. The molecule has 0 bridgehead atoms. The molecule has 4 nitrogen and oxygen atoms in total. The Hall–Kier alpha value is -2.21. The molecule has 2 aromatic rings. The van der Waals surface area contributed by atoms with Crippen LogP contribution >= 0.6 is 11.3 Å². The van der Waals surface area contributed by atoms with Gasteiger partial charge in [-0.1, -0.05) is 12.1 Å². The number of amides is 1. The van der Waals surface area contributed by atoms with E-state index >= 15 is 0 Å². The summed E-state index contributed by atoms with van der Waals surface area (Å²) in [5.74, 6) is -2.11. The summed E-state index contributed by atoms with van der Waals surface area (Å²) in [4.78, 5) is 22.9. The first-order chi connectivity index (χ1) is 8.99. The summed E-state index contributed by atoms with van der Waals surface area (Å²) in [6, 6.07) is 7.42. The van der Waals surface area contributed by atoms with Crippen LogP contribution in [0.25, 0.3) is 0 Å². The molecule has 2 rings (SSSR count). The van der Waals surface area contributed by atoms with Gasteiger partial charge in [-0.15, -0.1) is 11.3 Å². The largest absolute Gasteiger partial charge is 0.477 e. The Labute approximate surface area is 112 Å². The molecule has 1 aromatic heterocycles. The lowest BCUT2D eigenvalue weighted by Gasteiger charge is -2.06. The zero-order valence-corrected chi connectivity index (χ0v) is 10.8. The van der Waals surface area contributed by atoms with Gasteiger partial charge in [0, 0.05) is 0 Å². The van der Waals surface area contributed by atoms with Gasteiger partial charge in [0.05, 0.1) is 10.6 Å². The van der Waals surface area contributed by atoms with Crippen molar-refractivity contribution in [1.82, 2.24) is 0 Å². The van der Waals surface area contributed by atoms with Crippen LogP contribution in [0.3, 0.4) is 0 Å². The van der Waals surface area contributed by atoms with E-state index in [0.717, 1.165) is 11.3 Å². The molecular weight excluding hydrogens is 269 g/mol. The van der Waals surface area contributed by atoms with E-state index in [0.29, 0.717) is 5.56 Å². The second-order valence-electron chi connectivity index (χ2n) is 3.86. The van der Waals surface area contributed by atoms with Crippen molar-refractivity contribution in [1.29, 1.82) is 0 Å². The zero-order valence-electron chi connectivity index (χ0n) is 9.94. The number of aromatic carboxylic acids is 1. The van der Waals surface area contributed by atoms with Crippen molar-refractivity contribution in [3.8, 4) is 0 Å². The third-order valence-corrected chi connectivity index (χ3v) is 3.55. The van der Waals surface area contributed by atoms with Gasteiger partial charge in [-0.25, -0.2) is 9.18 Å². The average Bonchev–Trinajstić information content (AvgIpc) is 2.84.